The molecule has 0 aliphatic carbocycles. The van der Waals surface area contributed by atoms with Crippen molar-refractivity contribution in [2.75, 3.05) is 4.90 Å². The normalized spacial score (nSPS) is 11.5. The van der Waals surface area contributed by atoms with Crippen LogP contribution in [0.2, 0.25) is 0 Å². The second-order valence-corrected chi connectivity index (χ2v) is 13.4. The SMILES string of the molecule is c1ccc(-c2ccc(N(c3ccc(-c4ccc5c(ccc6oc7ccccc7c65)c4)cc3)c3cccc(-c4ccc5ccccc5c4)c3)cc2)cc1. The zero-order valence-electron chi connectivity index (χ0n) is 28.4. The highest BCUT2D eigenvalue weighted by Gasteiger charge is 2.16. The van der Waals surface area contributed by atoms with E-state index in [0.29, 0.717) is 0 Å². The molecule has 10 aromatic rings. The number of hydrogen-bond acceptors (Lipinski definition) is 2. The minimum atomic E-state index is 0.923. The number of fused-ring (bicyclic) bond motifs is 6. The average molecular weight is 664 g/mol. The van der Waals surface area contributed by atoms with Crippen LogP contribution in [0.3, 0.4) is 0 Å². The van der Waals surface area contributed by atoms with E-state index in [1.807, 2.05) is 12.1 Å². The topological polar surface area (TPSA) is 16.4 Å². The molecule has 0 atom stereocenters. The van der Waals surface area contributed by atoms with Crippen molar-refractivity contribution < 1.29 is 4.42 Å². The molecular formula is C50H33NO. The first-order valence-electron chi connectivity index (χ1n) is 17.7. The number of para-hydroxylation sites is 1. The molecule has 0 amide bonds. The van der Waals surface area contributed by atoms with Gasteiger partial charge in [0.25, 0.3) is 0 Å². The minimum absolute atomic E-state index is 0.923. The Hall–Kier alpha value is -6.90. The molecule has 10 rings (SSSR count). The third-order valence-electron chi connectivity index (χ3n) is 10.2. The highest BCUT2D eigenvalue weighted by atomic mass is 16.3. The Balaban J connectivity index is 1.04. The number of anilines is 3. The molecule has 2 nitrogen and oxygen atoms in total. The minimum Gasteiger partial charge on any atom is -0.456 e. The number of rotatable bonds is 6. The van der Waals surface area contributed by atoms with E-state index < -0.39 is 0 Å². The second kappa shape index (κ2) is 12.5. The molecular weight excluding hydrogens is 631 g/mol. The van der Waals surface area contributed by atoms with Gasteiger partial charge in [-0.15, -0.1) is 0 Å². The summed E-state index contributed by atoms with van der Waals surface area (Å²) < 4.78 is 6.16. The summed E-state index contributed by atoms with van der Waals surface area (Å²) in [5.74, 6) is 0. The van der Waals surface area contributed by atoms with Gasteiger partial charge < -0.3 is 9.32 Å². The van der Waals surface area contributed by atoms with Crippen molar-refractivity contribution in [1.82, 2.24) is 0 Å². The van der Waals surface area contributed by atoms with Gasteiger partial charge in [-0.1, -0.05) is 140 Å². The summed E-state index contributed by atoms with van der Waals surface area (Å²) in [7, 11) is 0. The Kier molecular flexibility index (Phi) is 7.18. The molecule has 2 heteroatoms. The van der Waals surface area contributed by atoms with Gasteiger partial charge in [-0.3, -0.25) is 0 Å². The van der Waals surface area contributed by atoms with Crippen molar-refractivity contribution in [3.8, 4) is 33.4 Å². The van der Waals surface area contributed by atoms with Crippen molar-refractivity contribution in [3.63, 3.8) is 0 Å². The maximum Gasteiger partial charge on any atom is 0.136 e. The first-order chi connectivity index (χ1) is 25.7. The molecule has 0 saturated carbocycles. The monoisotopic (exact) mass is 663 g/mol. The summed E-state index contributed by atoms with van der Waals surface area (Å²) in [5, 5.41) is 7.23. The van der Waals surface area contributed by atoms with Crippen LogP contribution in [0.15, 0.2) is 205 Å². The van der Waals surface area contributed by atoms with E-state index in [1.165, 1.54) is 60.3 Å². The average Bonchev–Trinajstić information content (AvgIpc) is 3.61. The van der Waals surface area contributed by atoms with E-state index in [4.69, 9.17) is 4.42 Å². The fraction of sp³-hybridized carbons (Fsp3) is 0. The summed E-state index contributed by atoms with van der Waals surface area (Å²) in [4.78, 5) is 2.35. The van der Waals surface area contributed by atoms with Crippen LogP contribution in [-0.2, 0) is 0 Å². The van der Waals surface area contributed by atoms with Gasteiger partial charge >= 0.3 is 0 Å². The molecule has 52 heavy (non-hydrogen) atoms. The highest BCUT2D eigenvalue weighted by Crippen LogP contribution is 2.40. The number of hydrogen-bond donors (Lipinski definition) is 0. The van der Waals surface area contributed by atoms with Crippen LogP contribution in [0.4, 0.5) is 17.1 Å². The van der Waals surface area contributed by atoms with Gasteiger partial charge in [0.1, 0.15) is 11.2 Å². The molecule has 9 aromatic carbocycles. The van der Waals surface area contributed by atoms with E-state index >= 15 is 0 Å². The van der Waals surface area contributed by atoms with Crippen LogP contribution in [0.1, 0.15) is 0 Å². The molecule has 0 aliphatic rings. The summed E-state index contributed by atoms with van der Waals surface area (Å²) in [6.45, 7) is 0. The third-order valence-corrected chi connectivity index (χ3v) is 10.2. The molecule has 0 N–H and O–H groups in total. The number of nitrogens with zero attached hydrogens (tertiary/aromatic N) is 1. The standard InChI is InChI=1S/C50H33NO/c1-2-9-34(10-3-1)36-19-25-43(26-20-36)51(45-14-8-13-39(33-45)41-18-17-35-11-4-5-12-38(35)31-41)44-27-21-37(22-28-44)40-23-29-46-42(32-40)24-30-49-50(46)47-15-6-7-16-48(47)52-49/h1-33H. The van der Waals surface area contributed by atoms with Crippen molar-refractivity contribution in [2.24, 2.45) is 0 Å². The fourth-order valence-corrected chi connectivity index (χ4v) is 7.61. The molecule has 1 heterocycles. The van der Waals surface area contributed by atoms with Gasteiger partial charge in [0.05, 0.1) is 0 Å². The molecule has 0 fully saturated rings. The lowest BCUT2D eigenvalue weighted by atomic mass is 9.98. The molecule has 0 bridgehead atoms. The Labute approximate surface area is 302 Å². The van der Waals surface area contributed by atoms with Crippen molar-refractivity contribution in [3.05, 3.63) is 200 Å². The smallest absolute Gasteiger partial charge is 0.136 e. The summed E-state index contributed by atoms with van der Waals surface area (Å²) in [6, 6.07) is 71.8. The van der Waals surface area contributed by atoms with E-state index in [1.54, 1.807) is 0 Å². The van der Waals surface area contributed by atoms with E-state index in [0.717, 1.165) is 33.6 Å². The molecule has 0 unspecified atom stereocenters. The van der Waals surface area contributed by atoms with E-state index in [9.17, 15) is 0 Å². The summed E-state index contributed by atoms with van der Waals surface area (Å²) in [5.41, 5.74) is 12.3. The quantitative estimate of drug-likeness (QED) is 0.176. The van der Waals surface area contributed by atoms with E-state index in [-0.39, 0.29) is 0 Å². The van der Waals surface area contributed by atoms with Crippen LogP contribution in [0, 0.1) is 0 Å². The highest BCUT2D eigenvalue weighted by molar-refractivity contribution is 6.19. The fourth-order valence-electron chi connectivity index (χ4n) is 7.61. The zero-order valence-corrected chi connectivity index (χ0v) is 28.4. The van der Waals surface area contributed by atoms with Gasteiger partial charge in [-0.25, -0.2) is 0 Å². The number of benzene rings is 9. The molecule has 0 aliphatic heterocycles. The Morgan fingerprint density at radius 2 is 0.846 bits per heavy atom. The van der Waals surface area contributed by atoms with Crippen molar-refractivity contribution in [2.45, 2.75) is 0 Å². The molecule has 1 aromatic heterocycles. The summed E-state index contributed by atoms with van der Waals surface area (Å²) >= 11 is 0. The van der Waals surface area contributed by atoms with Crippen LogP contribution in [0.25, 0.3) is 76.9 Å². The number of furan rings is 1. The zero-order chi connectivity index (χ0) is 34.4. The lowest BCUT2D eigenvalue weighted by Crippen LogP contribution is -2.10. The van der Waals surface area contributed by atoms with Gasteiger partial charge in [-0.05, 0) is 116 Å². The Morgan fingerprint density at radius 1 is 0.288 bits per heavy atom. The van der Waals surface area contributed by atoms with Crippen LogP contribution >= 0.6 is 0 Å². The lowest BCUT2D eigenvalue weighted by Gasteiger charge is -2.26. The van der Waals surface area contributed by atoms with Crippen LogP contribution in [0.5, 0.6) is 0 Å². The second-order valence-electron chi connectivity index (χ2n) is 13.4. The predicted molar refractivity (Wildman–Crippen MR) is 220 cm³/mol. The van der Waals surface area contributed by atoms with Gasteiger partial charge in [0.15, 0.2) is 0 Å². The summed E-state index contributed by atoms with van der Waals surface area (Å²) in [6.07, 6.45) is 0. The maximum absolute atomic E-state index is 6.16. The molecule has 244 valence electrons. The van der Waals surface area contributed by atoms with Crippen LogP contribution < -0.4 is 4.90 Å². The van der Waals surface area contributed by atoms with Crippen molar-refractivity contribution >= 4 is 60.5 Å². The molecule has 0 spiro atoms. The maximum atomic E-state index is 6.16. The predicted octanol–water partition coefficient (Wildman–Crippen LogP) is 14.4. The van der Waals surface area contributed by atoms with Crippen molar-refractivity contribution in [1.29, 1.82) is 0 Å². The molecule has 0 radical (unpaired) electrons. The van der Waals surface area contributed by atoms with Gasteiger partial charge in [0, 0.05) is 27.8 Å². The first kappa shape index (κ1) is 30.0. The van der Waals surface area contributed by atoms with E-state index in [2.05, 4.69) is 193 Å². The first-order valence-corrected chi connectivity index (χ1v) is 17.7. The lowest BCUT2D eigenvalue weighted by molar-refractivity contribution is 0.669. The van der Waals surface area contributed by atoms with Gasteiger partial charge in [0.2, 0.25) is 0 Å². The largest absolute Gasteiger partial charge is 0.456 e. The van der Waals surface area contributed by atoms with Crippen LogP contribution in [-0.4, -0.2) is 0 Å². The third kappa shape index (κ3) is 5.30. The molecule has 0 saturated heterocycles. The Morgan fingerprint density at radius 3 is 1.65 bits per heavy atom. The Bertz CT molecular complexity index is 2890. The van der Waals surface area contributed by atoms with Gasteiger partial charge in [-0.2, -0.15) is 0 Å².